The number of nitrogens with zero attached hydrogens (tertiary/aromatic N) is 4. The Kier molecular flexibility index (Phi) is 7.87. The van der Waals surface area contributed by atoms with Crippen LogP contribution in [0.3, 0.4) is 0 Å². The molecule has 0 unspecified atom stereocenters. The Labute approximate surface area is 224 Å². The first-order valence-electron chi connectivity index (χ1n) is 12.5. The van der Waals surface area contributed by atoms with Crippen molar-refractivity contribution in [2.75, 3.05) is 32.2 Å². The minimum Gasteiger partial charge on any atom is -0.481 e. The Hall–Kier alpha value is -3.54. The number of methoxy groups -OCH3 is 1. The van der Waals surface area contributed by atoms with Crippen LogP contribution in [0.2, 0.25) is 5.02 Å². The van der Waals surface area contributed by atoms with Gasteiger partial charge in [-0.25, -0.2) is 9.97 Å². The highest BCUT2D eigenvalue weighted by atomic mass is 35.5. The Morgan fingerprint density at radius 3 is 2.97 bits per heavy atom. The van der Waals surface area contributed by atoms with E-state index in [1.165, 1.54) is 0 Å². The molecular formula is C26H29ClN6O5. The molecule has 0 aromatic carbocycles. The van der Waals surface area contributed by atoms with Crippen molar-refractivity contribution in [3.63, 3.8) is 0 Å². The van der Waals surface area contributed by atoms with Gasteiger partial charge >= 0.3 is 0 Å². The van der Waals surface area contributed by atoms with Crippen molar-refractivity contribution in [3.8, 4) is 11.6 Å². The van der Waals surface area contributed by atoms with Crippen molar-refractivity contribution < 1.29 is 24.2 Å². The average molecular weight is 541 g/mol. The molecule has 0 spiro atoms. The molecule has 2 aliphatic heterocycles. The number of aliphatic hydroxyl groups is 1. The number of aliphatic hydroxyl groups excluding tert-OH is 1. The van der Waals surface area contributed by atoms with Crippen molar-refractivity contribution in [3.05, 3.63) is 46.7 Å². The van der Waals surface area contributed by atoms with Gasteiger partial charge in [0.25, 0.3) is 5.91 Å². The summed E-state index contributed by atoms with van der Waals surface area (Å²) in [5, 5.41) is 16.3. The van der Waals surface area contributed by atoms with Crippen LogP contribution in [0.4, 0.5) is 5.82 Å². The van der Waals surface area contributed by atoms with E-state index in [9.17, 15) is 14.7 Å². The van der Waals surface area contributed by atoms with Gasteiger partial charge in [0.1, 0.15) is 6.61 Å². The second kappa shape index (κ2) is 11.5. The first-order chi connectivity index (χ1) is 18.4. The van der Waals surface area contributed by atoms with E-state index in [2.05, 4.69) is 25.6 Å². The van der Waals surface area contributed by atoms with Crippen LogP contribution in [-0.4, -0.2) is 75.7 Å². The molecule has 0 saturated carbocycles. The molecule has 1 fully saturated rings. The SMILES string of the molecule is COc1ccc2ncc(Cl)c(CC[C@@H]3CC[C@H](NCc4ccc5c(n4)NC(=O)CO5)CN3C(=O)CO)c2n1. The lowest BCUT2D eigenvalue weighted by Gasteiger charge is -2.40. The Bertz CT molecular complexity index is 1360. The summed E-state index contributed by atoms with van der Waals surface area (Å²) in [5.74, 6) is 0.899. The normalized spacial score (nSPS) is 19.0. The van der Waals surface area contributed by atoms with Crippen molar-refractivity contribution in [2.24, 2.45) is 0 Å². The van der Waals surface area contributed by atoms with Gasteiger partial charge in [0, 0.05) is 43.0 Å². The maximum atomic E-state index is 12.7. The van der Waals surface area contributed by atoms with E-state index in [1.54, 1.807) is 30.3 Å². The second-order valence-electron chi connectivity index (χ2n) is 9.34. The fraction of sp³-hybridized carbons (Fsp3) is 0.423. The molecule has 38 heavy (non-hydrogen) atoms. The number of amides is 2. The van der Waals surface area contributed by atoms with Gasteiger partial charge < -0.3 is 30.1 Å². The lowest BCUT2D eigenvalue weighted by molar-refractivity contribution is -0.138. The number of hydrogen-bond acceptors (Lipinski definition) is 9. The van der Waals surface area contributed by atoms with E-state index < -0.39 is 6.61 Å². The fourth-order valence-corrected chi connectivity index (χ4v) is 5.21. The van der Waals surface area contributed by atoms with Crippen LogP contribution in [0.1, 0.15) is 30.5 Å². The summed E-state index contributed by atoms with van der Waals surface area (Å²) in [5.41, 5.74) is 3.02. The van der Waals surface area contributed by atoms with Crippen molar-refractivity contribution in [2.45, 2.75) is 44.3 Å². The maximum absolute atomic E-state index is 12.7. The quantitative estimate of drug-likeness (QED) is 0.392. The molecule has 1 saturated heterocycles. The molecule has 2 amide bonds. The predicted octanol–water partition coefficient (Wildman–Crippen LogP) is 2.09. The number of aromatic nitrogens is 3. The fourth-order valence-electron chi connectivity index (χ4n) is 4.98. The third-order valence-electron chi connectivity index (χ3n) is 6.94. The van der Waals surface area contributed by atoms with E-state index in [1.807, 2.05) is 12.1 Å². The number of likely N-dealkylation sites (tertiary alicyclic amines) is 1. The summed E-state index contributed by atoms with van der Waals surface area (Å²) in [6, 6.07) is 7.21. The molecular weight excluding hydrogens is 512 g/mol. The van der Waals surface area contributed by atoms with Crippen molar-refractivity contribution in [1.29, 1.82) is 0 Å². The highest BCUT2D eigenvalue weighted by molar-refractivity contribution is 6.32. The smallest absolute Gasteiger partial charge is 0.263 e. The van der Waals surface area contributed by atoms with E-state index in [-0.39, 0.29) is 30.5 Å². The molecule has 200 valence electrons. The number of pyridine rings is 3. The first kappa shape index (κ1) is 26.1. The van der Waals surface area contributed by atoms with Gasteiger partial charge in [-0.1, -0.05) is 11.6 Å². The Morgan fingerprint density at radius 2 is 2.16 bits per heavy atom. The first-order valence-corrected chi connectivity index (χ1v) is 12.9. The number of fused-ring (bicyclic) bond motifs is 2. The number of carbonyl (C=O) groups excluding carboxylic acids is 2. The van der Waals surface area contributed by atoms with Crippen LogP contribution in [-0.2, 0) is 22.6 Å². The minimum absolute atomic E-state index is 0.0153. The number of hydrogen-bond donors (Lipinski definition) is 3. The number of halogens is 1. The molecule has 3 aromatic heterocycles. The molecule has 0 aliphatic carbocycles. The Balaban J connectivity index is 1.24. The number of ether oxygens (including phenoxy) is 2. The second-order valence-corrected chi connectivity index (χ2v) is 9.75. The lowest BCUT2D eigenvalue weighted by Crippen LogP contribution is -2.53. The van der Waals surface area contributed by atoms with Crippen LogP contribution in [0, 0.1) is 0 Å². The van der Waals surface area contributed by atoms with Gasteiger partial charge in [-0.3, -0.25) is 14.6 Å². The molecule has 2 atom stereocenters. The van der Waals surface area contributed by atoms with Crippen molar-refractivity contribution >= 4 is 40.3 Å². The summed E-state index contributed by atoms with van der Waals surface area (Å²) in [4.78, 5) is 39.4. The highest BCUT2D eigenvalue weighted by Gasteiger charge is 2.31. The topological polar surface area (TPSA) is 139 Å². The highest BCUT2D eigenvalue weighted by Crippen LogP contribution is 2.29. The van der Waals surface area contributed by atoms with Gasteiger partial charge in [-0.2, -0.15) is 0 Å². The van der Waals surface area contributed by atoms with Gasteiger partial charge in [0.2, 0.25) is 11.8 Å². The predicted molar refractivity (Wildman–Crippen MR) is 140 cm³/mol. The molecule has 0 radical (unpaired) electrons. The van der Waals surface area contributed by atoms with Crippen LogP contribution >= 0.6 is 11.6 Å². The maximum Gasteiger partial charge on any atom is 0.263 e. The number of nitrogens with one attached hydrogen (secondary N) is 2. The van der Waals surface area contributed by atoms with Crippen LogP contribution < -0.4 is 20.1 Å². The summed E-state index contributed by atoms with van der Waals surface area (Å²) in [6.07, 6.45) is 4.51. The zero-order valence-electron chi connectivity index (χ0n) is 20.9. The number of carbonyl (C=O) groups is 2. The average Bonchev–Trinajstić information content (AvgIpc) is 2.94. The van der Waals surface area contributed by atoms with Crippen LogP contribution in [0.25, 0.3) is 11.0 Å². The summed E-state index contributed by atoms with van der Waals surface area (Å²) >= 11 is 6.51. The summed E-state index contributed by atoms with van der Waals surface area (Å²) < 4.78 is 10.6. The molecule has 2 aliphatic rings. The monoisotopic (exact) mass is 540 g/mol. The number of anilines is 1. The van der Waals surface area contributed by atoms with Crippen LogP contribution in [0.5, 0.6) is 11.6 Å². The van der Waals surface area contributed by atoms with E-state index in [0.29, 0.717) is 53.9 Å². The molecule has 5 rings (SSSR count). The molecule has 12 heteroatoms. The number of piperidine rings is 1. The zero-order valence-corrected chi connectivity index (χ0v) is 21.7. The molecule has 11 nitrogen and oxygen atoms in total. The van der Waals surface area contributed by atoms with E-state index >= 15 is 0 Å². The van der Waals surface area contributed by atoms with Gasteiger partial charge in [-0.15, -0.1) is 0 Å². The van der Waals surface area contributed by atoms with E-state index in [0.717, 1.165) is 29.6 Å². The zero-order chi connectivity index (χ0) is 26.6. The third-order valence-corrected chi connectivity index (χ3v) is 7.27. The minimum atomic E-state index is -0.549. The van der Waals surface area contributed by atoms with Gasteiger partial charge in [-0.05, 0) is 43.9 Å². The molecule has 0 bridgehead atoms. The van der Waals surface area contributed by atoms with Gasteiger partial charge in [0.15, 0.2) is 18.2 Å². The summed E-state index contributed by atoms with van der Waals surface area (Å²) in [7, 11) is 1.56. The standard InChI is InChI=1S/C26H29ClN6O5/c1-37-23-9-7-20-25(32-23)18(19(27)11-29-20)6-5-17-4-2-16(12-33(17)24(36)13-34)28-10-15-3-8-21-26(30-15)31-22(35)14-38-21/h3,7-9,11,16-17,28,34H,2,4-6,10,12-14H2,1H3,(H,30,31,35)/t16-,17-/m0/s1. The lowest BCUT2D eigenvalue weighted by atomic mass is 9.93. The molecule has 3 aromatic rings. The van der Waals surface area contributed by atoms with E-state index in [4.69, 9.17) is 21.1 Å². The van der Waals surface area contributed by atoms with Crippen LogP contribution in [0.15, 0.2) is 30.5 Å². The summed E-state index contributed by atoms with van der Waals surface area (Å²) in [6.45, 7) is 0.364. The number of rotatable bonds is 8. The van der Waals surface area contributed by atoms with Crippen molar-refractivity contribution in [1.82, 2.24) is 25.2 Å². The largest absolute Gasteiger partial charge is 0.481 e. The molecule has 5 heterocycles. The Morgan fingerprint density at radius 1 is 1.29 bits per heavy atom. The number of aryl methyl sites for hydroxylation is 1. The molecule has 3 N–H and O–H groups in total. The van der Waals surface area contributed by atoms with Gasteiger partial charge in [0.05, 0.1) is 28.9 Å². The third kappa shape index (κ3) is 5.64.